The van der Waals surface area contributed by atoms with Crippen LogP contribution in [0.1, 0.15) is 37.7 Å². The third kappa shape index (κ3) is 3.42. The van der Waals surface area contributed by atoms with E-state index in [0.717, 1.165) is 22.7 Å². The summed E-state index contributed by atoms with van der Waals surface area (Å²) in [6.45, 7) is 9.95. The van der Waals surface area contributed by atoms with Gasteiger partial charge in [-0.15, -0.1) is 0 Å². The molecule has 2 N–H and O–H groups in total. The number of aromatic nitrogens is 2. The highest BCUT2D eigenvalue weighted by Gasteiger charge is 2.44. The molecule has 0 atom stereocenters. The second kappa shape index (κ2) is 6.62. The van der Waals surface area contributed by atoms with Crippen LogP contribution >= 0.6 is 0 Å². The van der Waals surface area contributed by atoms with Gasteiger partial charge in [0.2, 0.25) is 5.91 Å². The van der Waals surface area contributed by atoms with Crippen molar-refractivity contribution in [3.05, 3.63) is 17.0 Å². The monoisotopic (exact) mass is 335 g/mol. The van der Waals surface area contributed by atoms with Gasteiger partial charge in [0.25, 0.3) is 5.91 Å². The van der Waals surface area contributed by atoms with E-state index in [9.17, 15) is 14.4 Å². The zero-order valence-corrected chi connectivity index (χ0v) is 14.9. The fourth-order valence-electron chi connectivity index (χ4n) is 2.93. The van der Waals surface area contributed by atoms with Crippen molar-refractivity contribution < 1.29 is 14.4 Å². The van der Waals surface area contributed by atoms with Gasteiger partial charge in [0.05, 0.1) is 12.2 Å². The number of nitrogens with one attached hydrogen (secondary N) is 2. The maximum atomic E-state index is 12.0. The van der Waals surface area contributed by atoms with E-state index in [4.69, 9.17) is 0 Å². The van der Waals surface area contributed by atoms with Crippen molar-refractivity contribution in [2.45, 2.75) is 53.1 Å². The lowest BCUT2D eigenvalue weighted by molar-refractivity contribution is -0.134. The number of hydrogen-bond acceptors (Lipinski definition) is 4. The van der Waals surface area contributed by atoms with Crippen LogP contribution in [-0.2, 0) is 22.6 Å². The molecule has 24 heavy (non-hydrogen) atoms. The lowest BCUT2D eigenvalue weighted by atomic mass is 10.1. The van der Waals surface area contributed by atoms with Crippen LogP contribution in [0.3, 0.4) is 0 Å². The molecule has 1 fully saturated rings. The summed E-state index contributed by atoms with van der Waals surface area (Å²) < 4.78 is 1.87. The van der Waals surface area contributed by atoms with Crippen molar-refractivity contribution >= 4 is 17.8 Å². The van der Waals surface area contributed by atoms with E-state index >= 15 is 0 Å². The van der Waals surface area contributed by atoms with Gasteiger partial charge in [-0.25, -0.2) is 4.79 Å². The second-order valence-corrected chi connectivity index (χ2v) is 6.52. The van der Waals surface area contributed by atoms with Gasteiger partial charge in [-0.1, -0.05) is 6.92 Å². The first kappa shape index (κ1) is 18.0. The summed E-state index contributed by atoms with van der Waals surface area (Å²) in [7, 11) is 0. The van der Waals surface area contributed by atoms with E-state index in [2.05, 4.69) is 22.7 Å². The van der Waals surface area contributed by atoms with Crippen LogP contribution in [0.15, 0.2) is 0 Å². The van der Waals surface area contributed by atoms with E-state index in [1.807, 2.05) is 18.5 Å². The molecule has 4 amide bonds. The number of carbonyl (C=O) groups is 3. The topological polar surface area (TPSA) is 96.3 Å². The summed E-state index contributed by atoms with van der Waals surface area (Å²) in [6, 6.07) is -0.536. The predicted molar refractivity (Wildman–Crippen MR) is 88.4 cm³/mol. The molecule has 8 nitrogen and oxygen atoms in total. The first-order valence-corrected chi connectivity index (χ1v) is 8.11. The number of carbonyl (C=O) groups excluding carboxylic acids is 3. The van der Waals surface area contributed by atoms with Crippen LogP contribution in [0.2, 0.25) is 0 Å². The van der Waals surface area contributed by atoms with Crippen molar-refractivity contribution in [2.75, 3.05) is 13.1 Å². The fraction of sp³-hybridized carbons (Fsp3) is 0.625. The molecule has 0 aliphatic carbocycles. The summed E-state index contributed by atoms with van der Waals surface area (Å²) in [4.78, 5) is 36.7. The molecule has 0 saturated carbocycles. The molecule has 0 unspecified atom stereocenters. The Labute approximate surface area is 141 Å². The van der Waals surface area contributed by atoms with Crippen LogP contribution in [0.5, 0.6) is 0 Å². The summed E-state index contributed by atoms with van der Waals surface area (Å²) in [6.07, 6.45) is 0.923. The Morgan fingerprint density at radius 1 is 1.29 bits per heavy atom. The lowest BCUT2D eigenvalue weighted by Gasteiger charge is -2.15. The van der Waals surface area contributed by atoms with Crippen molar-refractivity contribution in [3.63, 3.8) is 0 Å². The van der Waals surface area contributed by atoms with Crippen molar-refractivity contribution in [1.82, 2.24) is 25.3 Å². The van der Waals surface area contributed by atoms with Gasteiger partial charge in [-0.05, 0) is 39.7 Å². The molecule has 132 valence electrons. The van der Waals surface area contributed by atoms with Crippen LogP contribution in [0.4, 0.5) is 4.79 Å². The van der Waals surface area contributed by atoms with Gasteiger partial charge >= 0.3 is 6.03 Å². The Hall–Kier alpha value is -2.38. The summed E-state index contributed by atoms with van der Waals surface area (Å²) in [5.41, 5.74) is 2.36. The molecule has 0 aromatic carbocycles. The molecule has 2 heterocycles. The summed E-state index contributed by atoms with van der Waals surface area (Å²) in [5.74, 6) is -0.762. The largest absolute Gasteiger partial charge is 0.353 e. The maximum absolute atomic E-state index is 12.0. The standard InChI is InChI=1S/C16H25N5O3/c1-6-12-10(2)19-21(11(12)3)8-7-17-13(22)9-20-14(23)16(4,5)18-15(20)24/h6-9H2,1-5H3,(H,17,22)(H,18,24). The van der Waals surface area contributed by atoms with E-state index in [-0.39, 0.29) is 12.5 Å². The second-order valence-electron chi connectivity index (χ2n) is 6.52. The first-order valence-electron chi connectivity index (χ1n) is 8.11. The zero-order chi connectivity index (χ0) is 18.1. The Bertz CT molecular complexity index is 677. The molecule has 2 rings (SSSR count). The van der Waals surface area contributed by atoms with Crippen LogP contribution in [-0.4, -0.2) is 51.2 Å². The van der Waals surface area contributed by atoms with Gasteiger partial charge in [0, 0.05) is 12.2 Å². The normalized spacial score (nSPS) is 16.5. The Morgan fingerprint density at radius 2 is 1.96 bits per heavy atom. The molecular formula is C16H25N5O3. The van der Waals surface area contributed by atoms with Gasteiger partial charge in [0.15, 0.2) is 0 Å². The van der Waals surface area contributed by atoms with Crippen molar-refractivity contribution in [2.24, 2.45) is 0 Å². The summed E-state index contributed by atoms with van der Waals surface area (Å²) >= 11 is 0. The van der Waals surface area contributed by atoms with Crippen LogP contribution in [0.25, 0.3) is 0 Å². The number of hydrogen-bond donors (Lipinski definition) is 2. The number of aryl methyl sites for hydroxylation is 1. The first-order chi connectivity index (χ1) is 11.2. The summed E-state index contributed by atoms with van der Waals surface area (Å²) in [5, 5.41) is 9.73. The Morgan fingerprint density at radius 3 is 2.46 bits per heavy atom. The number of urea groups is 1. The predicted octanol–water partition coefficient (Wildman–Crippen LogP) is 0.509. The molecule has 0 spiro atoms. The fourth-order valence-corrected chi connectivity index (χ4v) is 2.93. The van der Waals surface area contributed by atoms with Crippen LogP contribution < -0.4 is 10.6 Å². The quantitative estimate of drug-likeness (QED) is 0.740. The smallest absolute Gasteiger partial charge is 0.325 e. The Kier molecular flexibility index (Phi) is 4.96. The minimum atomic E-state index is -0.961. The number of amides is 4. The molecular weight excluding hydrogens is 310 g/mol. The van der Waals surface area contributed by atoms with Gasteiger partial charge < -0.3 is 10.6 Å². The van der Waals surface area contributed by atoms with Gasteiger partial charge in [0.1, 0.15) is 12.1 Å². The van der Waals surface area contributed by atoms with E-state index in [1.165, 1.54) is 5.56 Å². The minimum absolute atomic E-state index is 0.272. The highest BCUT2D eigenvalue weighted by atomic mass is 16.2. The average Bonchev–Trinajstić information content (AvgIpc) is 2.86. The van der Waals surface area contributed by atoms with Crippen molar-refractivity contribution in [1.29, 1.82) is 0 Å². The number of nitrogens with zero attached hydrogens (tertiary/aromatic N) is 3. The van der Waals surface area contributed by atoms with E-state index in [0.29, 0.717) is 13.1 Å². The van der Waals surface area contributed by atoms with Crippen LogP contribution in [0, 0.1) is 13.8 Å². The lowest BCUT2D eigenvalue weighted by Crippen LogP contribution is -2.43. The molecule has 1 saturated heterocycles. The molecule has 1 aromatic heterocycles. The SMILES string of the molecule is CCc1c(C)nn(CCNC(=O)CN2C(=O)NC(C)(C)C2=O)c1C. The highest BCUT2D eigenvalue weighted by molar-refractivity contribution is 6.08. The molecule has 8 heteroatoms. The molecule has 0 bridgehead atoms. The highest BCUT2D eigenvalue weighted by Crippen LogP contribution is 2.16. The van der Waals surface area contributed by atoms with Gasteiger partial charge in [-0.2, -0.15) is 5.10 Å². The number of imide groups is 1. The Balaban J connectivity index is 1.86. The average molecular weight is 335 g/mol. The number of rotatable bonds is 6. The molecule has 1 aliphatic rings. The van der Waals surface area contributed by atoms with E-state index < -0.39 is 17.5 Å². The maximum Gasteiger partial charge on any atom is 0.325 e. The van der Waals surface area contributed by atoms with Gasteiger partial charge in [-0.3, -0.25) is 19.2 Å². The minimum Gasteiger partial charge on any atom is -0.353 e. The third-order valence-electron chi connectivity index (χ3n) is 4.28. The zero-order valence-electron chi connectivity index (χ0n) is 14.9. The molecule has 0 radical (unpaired) electrons. The third-order valence-corrected chi connectivity index (χ3v) is 4.28. The molecule has 1 aromatic rings. The van der Waals surface area contributed by atoms with E-state index in [1.54, 1.807) is 13.8 Å². The molecule has 1 aliphatic heterocycles. The van der Waals surface area contributed by atoms with Crippen molar-refractivity contribution in [3.8, 4) is 0 Å².